The Hall–Kier alpha value is -1.70. The van der Waals surface area contributed by atoms with E-state index in [0.29, 0.717) is 12.4 Å². The normalized spacial score (nSPS) is 13.3. The molecule has 0 amide bonds. The lowest BCUT2D eigenvalue weighted by Gasteiger charge is -2.16. The van der Waals surface area contributed by atoms with E-state index in [1.54, 1.807) is 0 Å². The van der Waals surface area contributed by atoms with Gasteiger partial charge in [-0.3, -0.25) is 0 Å². The highest BCUT2D eigenvalue weighted by Crippen LogP contribution is 2.33. The molecule has 2 nitrogen and oxygen atoms in total. The Morgan fingerprint density at radius 3 is 2.87 bits per heavy atom. The predicted octanol–water partition coefficient (Wildman–Crippen LogP) is 3.31. The molecule has 2 heteroatoms. The van der Waals surface area contributed by atoms with Gasteiger partial charge in [-0.25, -0.2) is 0 Å². The third-order valence-electron chi connectivity index (χ3n) is 2.30. The maximum atomic E-state index is 5.51. The van der Waals surface area contributed by atoms with Crippen LogP contribution in [-0.2, 0) is 0 Å². The predicted molar refractivity (Wildman–Crippen MR) is 61.2 cm³/mol. The maximum Gasteiger partial charge on any atom is 0.138 e. The lowest BCUT2D eigenvalue weighted by Crippen LogP contribution is -2.00. The molecule has 78 valence electrons. The SMILES string of the molecule is C=C1C=Cc2cc(C)c(OCC)cc2O1. The maximum absolute atomic E-state index is 5.51. The van der Waals surface area contributed by atoms with E-state index in [0.717, 1.165) is 22.6 Å². The number of hydrogen-bond donors (Lipinski definition) is 0. The fraction of sp³-hybridized carbons (Fsp3) is 0.231. The minimum atomic E-state index is 0.661. The average molecular weight is 202 g/mol. The third kappa shape index (κ3) is 1.89. The number of ether oxygens (including phenoxy) is 2. The molecule has 0 fully saturated rings. The van der Waals surface area contributed by atoms with Crippen LogP contribution in [0.5, 0.6) is 11.5 Å². The van der Waals surface area contributed by atoms with E-state index >= 15 is 0 Å². The van der Waals surface area contributed by atoms with Gasteiger partial charge < -0.3 is 9.47 Å². The Labute approximate surface area is 89.8 Å². The summed E-state index contributed by atoms with van der Waals surface area (Å²) in [5, 5.41) is 0. The van der Waals surface area contributed by atoms with Crippen molar-refractivity contribution < 1.29 is 9.47 Å². The first-order valence-corrected chi connectivity index (χ1v) is 5.03. The highest BCUT2D eigenvalue weighted by Gasteiger charge is 2.11. The summed E-state index contributed by atoms with van der Waals surface area (Å²) in [6, 6.07) is 3.98. The second-order valence-corrected chi connectivity index (χ2v) is 3.49. The van der Waals surface area contributed by atoms with Gasteiger partial charge in [-0.1, -0.05) is 6.58 Å². The number of allylic oxidation sites excluding steroid dienone is 1. The topological polar surface area (TPSA) is 18.5 Å². The number of fused-ring (bicyclic) bond motifs is 1. The summed E-state index contributed by atoms with van der Waals surface area (Å²) in [7, 11) is 0. The van der Waals surface area contributed by atoms with E-state index in [1.807, 2.05) is 32.1 Å². The summed E-state index contributed by atoms with van der Waals surface area (Å²) < 4.78 is 11.0. The molecule has 0 unspecified atom stereocenters. The molecule has 1 aromatic rings. The van der Waals surface area contributed by atoms with E-state index in [-0.39, 0.29) is 0 Å². The summed E-state index contributed by atoms with van der Waals surface area (Å²) in [5.41, 5.74) is 2.19. The van der Waals surface area contributed by atoms with E-state index in [1.165, 1.54) is 0 Å². The minimum absolute atomic E-state index is 0.661. The largest absolute Gasteiger partial charge is 0.493 e. The van der Waals surface area contributed by atoms with Gasteiger partial charge in [0.25, 0.3) is 0 Å². The highest BCUT2D eigenvalue weighted by molar-refractivity contribution is 5.65. The molecule has 15 heavy (non-hydrogen) atoms. The molecule has 0 radical (unpaired) electrons. The molecular formula is C13H14O2. The lowest BCUT2D eigenvalue weighted by molar-refractivity contribution is 0.335. The number of hydrogen-bond acceptors (Lipinski definition) is 2. The van der Waals surface area contributed by atoms with Crippen LogP contribution in [0.4, 0.5) is 0 Å². The van der Waals surface area contributed by atoms with Gasteiger partial charge in [0.15, 0.2) is 0 Å². The molecule has 0 saturated heterocycles. The van der Waals surface area contributed by atoms with Crippen LogP contribution < -0.4 is 9.47 Å². The summed E-state index contributed by atoms with van der Waals surface area (Å²) in [4.78, 5) is 0. The standard InChI is InChI=1S/C13H14O2/c1-4-14-12-8-13-11(7-9(12)2)6-5-10(3)15-13/h5-8H,3-4H2,1-2H3. The van der Waals surface area contributed by atoms with Crippen molar-refractivity contribution in [2.24, 2.45) is 0 Å². The third-order valence-corrected chi connectivity index (χ3v) is 2.30. The van der Waals surface area contributed by atoms with Crippen LogP contribution in [-0.4, -0.2) is 6.61 Å². The molecule has 1 aliphatic rings. The van der Waals surface area contributed by atoms with E-state index in [4.69, 9.17) is 9.47 Å². The first-order valence-electron chi connectivity index (χ1n) is 5.03. The first kappa shape index (κ1) is 9.84. The first-order chi connectivity index (χ1) is 7.20. The van der Waals surface area contributed by atoms with Gasteiger partial charge in [0.05, 0.1) is 6.61 Å². The molecule has 0 aromatic heterocycles. The van der Waals surface area contributed by atoms with Crippen LogP contribution in [0.15, 0.2) is 30.5 Å². The van der Waals surface area contributed by atoms with Crippen molar-refractivity contribution in [3.05, 3.63) is 41.7 Å². The number of rotatable bonds is 2. The summed E-state index contributed by atoms with van der Waals surface area (Å²) >= 11 is 0. The van der Waals surface area contributed by atoms with Gasteiger partial charge in [-0.15, -0.1) is 0 Å². The van der Waals surface area contributed by atoms with Gasteiger partial charge in [-0.2, -0.15) is 0 Å². The van der Waals surface area contributed by atoms with Crippen LogP contribution in [0.25, 0.3) is 6.08 Å². The lowest BCUT2D eigenvalue weighted by atomic mass is 10.1. The Balaban J connectivity index is 2.44. The van der Waals surface area contributed by atoms with Crippen molar-refractivity contribution in [1.82, 2.24) is 0 Å². The zero-order valence-electron chi connectivity index (χ0n) is 9.04. The summed E-state index contributed by atoms with van der Waals surface area (Å²) in [6.07, 6.45) is 3.87. The van der Waals surface area contributed by atoms with Crippen LogP contribution in [0.1, 0.15) is 18.1 Å². The van der Waals surface area contributed by atoms with Gasteiger partial charge in [-0.05, 0) is 37.6 Å². The molecule has 1 aliphatic heterocycles. The Bertz CT molecular complexity index is 430. The Morgan fingerprint density at radius 1 is 1.33 bits per heavy atom. The number of aryl methyl sites for hydroxylation is 1. The fourth-order valence-electron chi connectivity index (χ4n) is 1.58. The zero-order valence-corrected chi connectivity index (χ0v) is 9.04. The number of benzene rings is 1. The van der Waals surface area contributed by atoms with Crippen LogP contribution >= 0.6 is 0 Å². The second kappa shape index (κ2) is 3.81. The Morgan fingerprint density at radius 2 is 2.13 bits per heavy atom. The molecule has 1 aromatic carbocycles. The zero-order chi connectivity index (χ0) is 10.8. The van der Waals surface area contributed by atoms with Gasteiger partial charge >= 0.3 is 0 Å². The van der Waals surface area contributed by atoms with E-state index < -0.39 is 0 Å². The van der Waals surface area contributed by atoms with E-state index in [2.05, 4.69) is 12.6 Å². The Kier molecular flexibility index (Phi) is 2.50. The molecule has 0 spiro atoms. The molecular weight excluding hydrogens is 188 g/mol. The van der Waals surface area contributed by atoms with Crippen molar-refractivity contribution in [2.45, 2.75) is 13.8 Å². The molecule has 0 bridgehead atoms. The van der Waals surface area contributed by atoms with E-state index in [9.17, 15) is 0 Å². The van der Waals surface area contributed by atoms with Crippen molar-refractivity contribution in [2.75, 3.05) is 6.61 Å². The monoisotopic (exact) mass is 202 g/mol. The summed E-state index contributed by atoms with van der Waals surface area (Å²) in [5.74, 6) is 2.35. The molecule has 1 heterocycles. The quantitative estimate of drug-likeness (QED) is 0.732. The molecule has 2 rings (SSSR count). The van der Waals surface area contributed by atoms with Crippen molar-refractivity contribution in [3.8, 4) is 11.5 Å². The van der Waals surface area contributed by atoms with Crippen LogP contribution in [0.2, 0.25) is 0 Å². The second-order valence-electron chi connectivity index (χ2n) is 3.49. The van der Waals surface area contributed by atoms with Gasteiger partial charge in [0, 0.05) is 11.6 Å². The average Bonchev–Trinajstić information content (AvgIpc) is 2.20. The van der Waals surface area contributed by atoms with Crippen molar-refractivity contribution >= 4 is 6.08 Å². The fourth-order valence-corrected chi connectivity index (χ4v) is 1.58. The van der Waals surface area contributed by atoms with Crippen molar-refractivity contribution in [1.29, 1.82) is 0 Å². The van der Waals surface area contributed by atoms with Gasteiger partial charge in [0.2, 0.25) is 0 Å². The van der Waals surface area contributed by atoms with Crippen molar-refractivity contribution in [3.63, 3.8) is 0 Å². The minimum Gasteiger partial charge on any atom is -0.493 e. The molecule has 0 N–H and O–H groups in total. The van der Waals surface area contributed by atoms with Gasteiger partial charge in [0.1, 0.15) is 17.3 Å². The van der Waals surface area contributed by atoms with Crippen LogP contribution in [0.3, 0.4) is 0 Å². The molecule has 0 atom stereocenters. The molecule has 0 aliphatic carbocycles. The smallest absolute Gasteiger partial charge is 0.138 e. The molecule has 0 saturated carbocycles. The summed E-state index contributed by atoms with van der Waals surface area (Å²) in [6.45, 7) is 8.43. The van der Waals surface area contributed by atoms with Crippen LogP contribution in [0, 0.1) is 6.92 Å². The highest BCUT2D eigenvalue weighted by atomic mass is 16.5.